The third-order valence-corrected chi connectivity index (χ3v) is 1.95. The molecule has 13 heavy (non-hydrogen) atoms. The average molecular weight is 183 g/mol. The molecule has 0 unspecified atom stereocenters. The molecule has 0 saturated heterocycles. The van der Waals surface area contributed by atoms with Crippen LogP contribution in [0.25, 0.3) is 0 Å². The zero-order chi connectivity index (χ0) is 9.52. The van der Waals surface area contributed by atoms with E-state index in [9.17, 15) is 0 Å². The third-order valence-electron chi connectivity index (χ3n) is 1.95. The van der Waals surface area contributed by atoms with E-state index in [1.165, 1.54) is 5.56 Å². The first-order chi connectivity index (χ1) is 6.34. The lowest BCUT2D eigenvalue weighted by Gasteiger charge is -2.02. The van der Waals surface area contributed by atoms with Gasteiger partial charge in [0, 0.05) is 31.5 Å². The van der Waals surface area contributed by atoms with Crippen LogP contribution in [0.2, 0.25) is 0 Å². The highest BCUT2D eigenvalue weighted by molar-refractivity contribution is 5.13. The average Bonchev–Trinajstić information content (AvgIpc) is 2.52. The Morgan fingerprint density at radius 3 is 3.08 bits per heavy atom. The molecule has 0 radical (unpaired) electrons. The van der Waals surface area contributed by atoms with E-state index in [0.29, 0.717) is 0 Å². The van der Waals surface area contributed by atoms with Crippen LogP contribution in [-0.4, -0.2) is 30.5 Å². The lowest BCUT2D eigenvalue weighted by atomic mass is 10.2. The fraction of sp³-hybridized carbons (Fsp3) is 0.667. The number of aryl methyl sites for hydroxylation is 1. The predicted molar refractivity (Wildman–Crippen MR) is 51.5 cm³/mol. The topological polar surface area (TPSA) is 49.9 Å². The minimum atomic E-state index is 0.817. The first-order valence-corrected chi connectivity index (χ1v) is 4.53. The van der Waals surface area contributed by atoms with Gasteiger partial charge in [-0.2, -0.15) is 5.10 Å². The van der Waals surface area contributed by atoms with Crippen LogP contribution in [-0.2, 0) is 11.3 Å². The van der Waals surface area contributed by atoms with Crippen molar-refractivity contribution >= 4 is 0 Å². The monoisotopic (exact) mass is 183 g/mol. The Morgan fingerprint density at radius 1 is 1.62 bits per heavy atom. The van der Waals surface area contributed by atoms with Gasteiger partial charge in [0.05, 0.1) is 6.20 Å². The summed E-state index contributed by atoms with van der Waals surface area (Å²) in [5.74, 6) is 0. The summed E-state index contributed by atoms with van der Waals surface area (Å²) in [6, 6.07) is 0. The fourth-order valence-electron chi connectivity index (χ4n) is 1.12. The highest BCUT2D eigenvalue weighted by Gasteiger charge is 1.97. The molecule has 0 fully saturated rings. The van der Waals surface area contributed by atoms with Crippen LogP contribution in [0.1, 0.15) is 17.7 Å². The maximum Gasteiger partial charge on any atom is 0.0535 e. The van der Waals surface area contributed by atoms with E-state index in [2.05, 4.69) is 15.5 Å². The molecule has 74 valence electrons. The van der Waals surface area contributed by atoms with Gasteiger partial charge in [-0.3, -0.25) is 5.10 Å². The van der Waals surface area contributed by atoms with Crippen LogP contribution in [0.5, 0.6) is 0 Å². The second-order valence-corrected chi connectivity index (χ2v) is 3.04. The number of hydrogen-bond acceptors (Lipinski definition) is 3. The van der Waals surface area contributed by atoms with Gasteiger partial charge in [0.25, 0.3) is 0 Å². The van der Waals surface area contributed by atoms with Crippen molar-refractivity contribution in [3.8, 4) is 0 Å². The highest BCUT2D eigenvalue weighted by atomic mass is 16.5. The number of hydrogen-bond donors (Lipinski definition) is 2. The number of rotatable bonds is 6. The smallest absolute Gasteiger partial charge is 0.0535 e. The van der Waals surface area contributed by atoms with Crippen LogP contribution in [0.15, 0.2) is 6.20 Å². The maximum atomic E-state index is 4.94. The molecule has 1 rings (SSSR count). The first kappa shape index (κ1) is 10.2. The van der Waals surface area contributed by atoms with Crippen LogP contribution in [0.3, 0.4) is 0 Å². The van der Waals surface area contributed by atoms with Gasteiger partial charge in [-0.05, 0) is 19.9 Å². The molecule has 0 aliphatic heterocycles. The van der Waals surface area contributed by atoms with Crippen molar-refractivity contribution in [2.75, 3.05) is 20.3 Å². The van der Waals surface area contributed by atoms with Gasteiger partial charge < -0.3 is 10.1 Å². The summed E-state index contributed by atoms with van der Waals surface area (Å²) < 4.78 is 4.94. The Hall–Kier alpha value is -0.870. The number of aromatic nitrogens is 2. The van der Waals surface area contributed by atoms with Crippen molar-refractivity contribution in [1.29, 1.82) is 0 Å². The summed E-state index contributed by atoms with van der Waals surface area (Å²) >= 11 is 0. The minimum Gasteiger partial charge on any atom is -0.385 e. The van der Waals surface area contributed by atoms with Gasteiger partial charge >= 0.3 is 0 Å². The molecule has 1 aromatic rings. The van der Waals surface area contributed by atoms with E-state index in [4.69, 9.17) is 4.74 Å². The molecule has 1 heterocycles. The molecule has 0 spiro atoms. The molecule has 4 heteroatoms. The Bertz CT molecular complexity index is 235. The number of H-pyrrole nitrogens is 1. The minimum absolute atomic E-state index is 0.817. The summed E-state index contributed by atoms with van der Waals surface area (Å²) in [5.41, 5.74) is 2.37. The highest BCUT2D eigenvalue weighted by Crippen LogP contribution is 2.00. The van der Waals surface area contributed by atoms with Crippen molar-refractivity contribution in [2.24, 2.45) is 0 Å². The van der Waals surface area contributed by atoms with Gasteiger partial charge in [-0.1, -0.05) is 0 Å². The summed E-state index contributed by atoms with van der Waals surface area (Å²) in [5, 5.41) is 10.2. The second kappa shape index (κ2) is 5.72. The Kier molecular flexibility index (Phi) is 4.49. The lowest BCUT2D eigenvalue weighted by Crippen LogP contribution is -2.16. The number of ether oxygens (including phenoxy) is 1. The number of methoxy groups -OCH3 is 1. The third kappa shape index (κ3) is 3.57. The molecule has 0 aliphatic rings. The Morgan fingerprint density at radius 2 is 2.46 bits per heavy atom. The van der Waals surface area contributed by atoms with Gasteiger partial charge in [0.1, 0.15) is 0 Å². The van der Waals surface area contributed by atoms with E-state index >= 15 is 0 Å². The molecule has 4 nitrogen and oxygen atoms in total. The molecule has 0 bridgehead atoms. The van der Waals surface area contributed by atoms with Crippen LogP contribution < -0.4 is 5.32 Å². The molecule has 0 amide bonds. The number of aromatic amines is 1. The summed E-state index contributed by atoms with van der Waals surface area (Å²) in [6.45, 7) is 4.71. The van der Waals surface area contributed by atoms with Crippen molar-refractivity contribution in [3.63, 3.8) is 0 Å². The van der Waals surface area contributed by atoms with E-state index in [-0.39, 0.29) is 0 Å². The molecule has 2 N–H and O–H groups in total. The van der Waals surface area contributed by atoms with Crippen LogP contribution >= 0.6 is 0 Å². The van der Waals surface area contributed by atoms with E-state index in [1.807, 2.05) is 13.1 Å². The van der Waals surface area contributed by atoms with Gasteiger partial charge in [0.2, 0.25) is 0 Å². The predicted octanol–water partition coefficient (Wildman–Crippen LogP) is 0.844. The van der Waals surface area contributed by atoms with E-state index in [0.717, 1.165) is 31.8 Å². The van der Waals surface area contributed by atoms with Crippen molar-refractivity contribution < 1.29 is 4.74 Å². The fourth-order valence-corrected chi connectivity index (χ4v) is 1.12. The summed E-state index contributed by atoms with van der Waals surface area (Å²) in [7, 11) is 1.72. The number of nitrogens with one attached hydrogen (secondary N) is 2. The van der Waals surface area contributed by atoms with Gasteiger partial charge in [-0.25, -0.2) is 0 Å². The van der Waals surface area contributed by atoms with Crippen molar-refractivity contribution in [3.05, 3.63) is 17.5 Å². The molecule has 0 aromatic carbocycles. The Labute approximate surface area is 78.7 Å². The normalized spacial score (nSPS) is 10.6. The van der Waals surface area contributed by atoms with Crippen LogP contribution in [0.4, 0.5) is 0 Å². The van der Waals surface area contributed by atoms with Crippen molar-refractivity contribution in [1.82, 2.24) is 15.5 Å². The zero-order valence-corrected chi connectivity index (χ0v) is 8.26. The van der Waals surface area contributed by atoms with E-state index in [1.54, 1.807) is 7.11 Å². The molecule has 0 saturated carbocycles. The quantitative estimate of drug-likeness (QED) is 0.643. The number of nitrogens with zero attached hydrogens (tertiary/aromatic N) is 1. The molecule has 0 aliphatic carbocycles. The largest absolute Gasteiger partial charge is 0.385 e. The maximum absolute atomic E-state index is 4.94. The first-order valence-electron chi connectivity index (χ1n) is 4.53. The second-order valence-electron chi connectivity index (χ2n) is 3.04. The van der Waals surface area contributed by atoms with E-state index < -0.39 is 0 Å². The standard InChI is InChI=1S/C9H17N3O/c1-8-9(7-11-12-8)6-10-4-3-5-13-2/h7,10H,3-6H2,1-2H3,(H,11,12). The van der Waals surface area contributed by atoms with Crippen LogP contribution in [0, 0.1) is 6.92 Å². The Balaban J connectivity index is 2.10. The molecule has 0 atom stereocenters. The lowest BCUT2D eigenvalue weighted by molar-refractivity contribution is 0.194. The van der Waals surface area contributed by atoms with Gasteiger partial charge in [-0.15, -0.1) is 0 Å². The molecular weight excluding hydrogens is 166 g/mol. The molecular formula is C9H17N3O. The van der Waals surface area contributed by atoms with Gasteiger partial charge in [0.15, 0.2) is 0 Å². The van der Waals surface area contributed by atoms with Crippen molar-refractivity contribution in [2.45, 2.75) is 19.9 Å². The molecule has 1 aromatic heterocycles. The summed E-state index contributed by atoms with van der Waals surface area (Å²) in [6.07, 6.45) is 2.91. The zero-order valence-electron chi connectivity index (χ0n) is 8.26. The SMILES string of the molecule is COCCCNCc1cn[nH]c1C. The summed E-state index contributed by atoms with van der Waals surface area (Å²) in [4.78, 5) is 0.